The van der Waals surface area contributed by atoms with E-state index in [9.17, 15) is 9.59 Å². The van der Waals surface area contributed by atoms with Crippen molar-refractivity contribution in [3.63, 3.8) is 0 Å². The van der Waals surface area contributed by atoms with Crippen molar-refractivity contribution in [3.8, 4) is 5.75 Å². The standard InChI is InChI=1S/C28H22BrClN2O3/c29-17-10-13-21-20(15-17)27(26(34)31-21)28(25(33)19-5-1-2-7-23(19)35-28)24(16-8-11-18(30)12-9-16)22-6-3-4-14-32(22)27/h1-2,5,7-13,15,22,24H,3-4,6,14H2,(H,31,34). The highest BCUT2D eigenvalue weighted by Gasteiger charge is 2.81. The number of nitrogens with one attached hydrogen (secondary N) is 1. The van der Waals surface area contributed by atoms with Crippen LogP contribution in [0, 0.1) is 0 Å². The van der Waals surface area contributed by atoms with Crippen molar-refractivity contribution in [2.45, 2.75) is 42.4 Å². The lowest BCUT2D eigenvalue weighted by atomic mass is 9.66. The number of fused-ring (bicyclic) bond motifs is 6. The summed E-state index contributed by atoms with van der Waals surface area (Å²) < 4.78 is 7.72. The Bertz CT molecular complexity index is 1410. The largest absolute Gasteiger partial charge is 0.475 e. The minimum atomic E-state index is -1.45. The molecule has 1 N–H and O–H groups in total. The Kier molecular flexibility index (Phi) is 4.58. The van der Waals surface area contributed by atoms with E-state index < -0.39 is 11.1 Å². The topological polar surface area (TPSA) is 58.6 Å². The van der Waals surface area contributed by atoms with Gasteiger partial charge >= 0.3 is 0 Å². The highest BCUT2D eigenvalue weighted by atomic mass is 79.9. The number of benzene rings is 3. The summed E-state index contributed by atoms with van der Waals surface area (Å²) in [6.45, 7) is 0.711. The molecule has 1 amide bonds. The SMILES string of the molecule is O=C1c2ccccc2OC12C(c1ccc(Cl)cc1)C1CCCCN1C21C(=O)Nc2ccc(Br)cc21. The van der Waals surface area contributed by atoms with E-state index in [0.29, 0.717) is 22.9 Å². The number of anilines is 1. The van der Waals surface area contributed by atoms with Crippen LogP contribution in [0.5, 0.6) is 5.75 Å². The van der Waals surface area contributed by atoms with Gasteiger partial charge in [-0.2, -0.15) is 0 Å². The summed E-state index contributed by atoms with van der Waals surface area (Å²) >= 11 is 9.87. The van der Waals surface area contributed by atoms with Crippen LogP contribution in [-0.4, -0.2) is 34.8 Å². The molecular weight excluding hydrogens is 528 g/mol. The van der Waals surface area contributed by atoms with Gasteiger partial charge in [0.25, 0.3) is 5.91 Å². The monoisotopic (exact) mass is 548 g/mol. The fraction of sp³-hybridized carbons (Fsp3) is 0.286. The predicted molar refractivity (Wildman–Crippen MR) is 137 cm³/mol. The minimum absolute atomic E-state index is 0.0427. The molecule has 176 valence electrons. The van der Waals surface area contributed by atoms with E-state index >= 15 is 0 Å². The normalized spacial score (nSPS) is 30.8. The molecule has 0 aromatic heterocycles. The zero-order chi connectivity index (χ0) is 23.9. The van der Waals surface area contributed by atoms with Crippen LogP contribution in [0.2, 0.25) is 5.02 Å². The van der Waals surface area contributed by atoms with Gasteiger partial charge in [0.2, 0.25) is 11.4 Å². The van der Waals surface area contributed by atoms with E-state index in [0.717, 1.165) is 40.5 Å². The fourth-order valence-corrected chi connectivity index (χ4v) is 7.56. The maximum absolute atomic E-state index is 14.6. The van der Waals surface area contributed by atoms with Gasteiger partial charge in [-0.3, -0.25) is 14.5 Å². The highest BCUT2D eigenvalue weighted by Crippen LogP contribution is 2.66. The van der Waals surface area contributed by atoms with Crippen molar-refractivity contribution >= 4 is 44.9 Å². The molecule has 3 aromatic carbocycles. The Morgan fingerprint density at radius 2 is 1.83 bits per heavy atom. The Labute approximate surface area is 216 Å². The fourth-order valence-electron chi connectivity index (χ4n) is 7.08. The van der Waals surface area contributed by atoms with E-state index in [4.69, 9.17) is 16.3 Å². The number of para-hydroxylation sites is 1. The molecule has 2 saturated heterocycles. The van der Waals surface area contributed by atoms with Crippen molar-refractivity contribution in [3.05, 3.63) is 92.9 Å². The molecule has 4 aliphatic heterocycles. The van der Waals surface area contributed by atoms with Gasteiger partial charge in [-0.15, -0.1) is 0 Å². The molecule has 0 radical (unpaired) electrons. The number of piperidine rings is 1. The number of rotatable bonds is 1. The number of hydrogen-bond donors (Lipinski definition) is 1. The second-order valence-electron chi connectivity index (χ2n) is 9.80. The molecule has 0 aliphatic carbocycles. The molecule has 0 saturated carbocycles. The minimum Gasteiger partial charge on any atom is -0.475 e. The number of carbonyl (C=O) groups excluding carboxylic acids is 2. The first-order valence-electron chi connectivity index (χ1n) is 11.9. The van der Waals surface area contributed by atoms with E-state index in [1.165, 1.54) is 0 Å². The third kappa shape index (κ3) is 2.57. The van der Waals surface area contributed by atoms with Crippen LogP contribution in [0.4, 0.5) is 5.69 Å². The zero-order valence-electron chi connectivity index (χ0n) is 18.8. The van der Waals surface area contributed by atoms with Crippen molar-refractivity contribution in [2.75, 3.05) is 11.9 Å². The number of ketones is 1. The van der Waals surface area contributed by atoms with Crippen LogP contribution >= 0.6 is 27.5 Å². The average molecular weight is 550 g/mol. The predicted octanol–water partition coefficient (Wildman–Crippen LogP) is 5.92. The summed E-state index contributed by atoms with van der Waals surface area (Å²) in [5, 5.41) is 3.75. The van der Waals surface area contributed by atoms with Crippen molar-refractivity contribution in [1.29, 1.82) is 0 Å². The lowest BCUT2D eigenvalue weighted by molar-refractivity contribution is -0.135. The molecule has 5 nitrogen and oxygen atoms in total. The Hall–Kier alpha value is -2.67. The van der Waals surface area contributed by atoms with Crippen LogP contribution in [0.3, 0.4) is 0 Å². The first kappa shape index (κ1) is 21.6. The van der Waals surface area contributed by atoms with Crippen LogP contribution in [0.25, 0.3) is 0 Å². The smallest absolute Gasteiger partial charge is 0.254 e. The highest BCUT2D eigenvalue weighted by molar-refractivity contribution is 9.10. The Morgan fingerprint density at radius 3 is 2.63 bits per heavy atom. The van der Waals surface area contributed by atoms with Gasteiger partial charge in [-0.25, -0.2) is 0 Å². The average Bonchev–Trinajstić information content (AvgIpc) is 3.42. The quantitative estimate of drug-likeness (QED) is 0.410. The summed E-state index contributed by atoms with van der Waals surface area (Å²) in [4.78, 5) is 31.2. The number of carbonyl (C=O) groups is 2. The lowest BCUT2D eigenvalue weighted by Crippen LogP contribution is -2.65. The third-order valence-corrected chi connectivity index (χ3v) is 9.00. The van der Waals surface area contributed by atoms with Gasteiger partial charge in [-0.05, 0) is 67.4 Å². The molecule has 4 unspecified atom stereocenters. The molecule has 3 aromatic rings. The maximum atomic E-state index is 14.6. The number of nitrogens with zero attached hydrogens (tertiary/aromatic N) is 1. The Balaban J connectivity index is 1.59. The van der Waals surface area contributed by atoms with Crippen molar-refractivity contribution in [2.24, 2.45) is 0 Å². The van der Waals surface area contributed by atoms with Gasteiger partial charge in [0.05, 0.1) is 5.56 Å². The molecule has 4 heterocycles. The van der Waals surface area contributed by atoms with Crippen LogP contribution in [0.15, 0.2) is 71.2 Å². The summed E-state index contributed by atoms with van der Waals surface area (Å²) in [7, 11) is 0. The van der Waals surface area contributed by atoms with Gasteiger partial charge in [-0.1, -0.05) is 58.2 Å². The number of hydrogen-bond acceptors (Lipinski definition) is 4. The summed E-state index contributed by atoms with van der Waals surface area (Å²) in [6.07, 6.45) is 2.87. The second-order valence-corrected chi connectivity index (χ2v) is 11.2. The number of Topliss-reactive ketones (excluding diaryl/α,β-unsaturated/α-hetero) is 1. The molecule has 7 heteroatoms. The third-order valence-electron chi connectivity index (χ3n) is 8.26. The van der Waals surface area contributed by atoms with E-state index in [2.05, 4.69) is 26.1 Å². The Morgan fingerprint density at radius 1 is 1.03 bits per heavy atom. The summed E-state index contributed by atoms with van der Waals surface area (Å²) in [6, 6.07) is 20.8. The molecule has 35 heavy (non-hydrogen) atoms. The van der Waals surface area contributed by atoms with Crippen LogP contribution in [0.1, 0.15) is 46.7 Å². The second kappa shape index (κ2) is 7.42. The van der Waals surface area contributed by atoms with E-state index in [-0.39, 0.29) is 23.7 Å². The maximum Gasteiger partial charge on any atom is 0.254 e. The molecule has 0 bridgehead atoms. The molecule has 4 aliphatic rings. The molecular formula is C28H22BrClN2O3. The van der Waals surface area contributed by atoms with Gasteiger partial charge in [0.1, 0.15) is 5.75 Å². The molecule has 2 fully saturated rings. The van der Waals surface area contributed by atoms with Crippen LogP contribution < -0.4 is 10.1 Å². The number of ether oxygens (including phenoxy) is 1. The van der Waals surface area contributed by atoms with Gasteiger partial charge in [0, 0.05) is 32.7 Å². The summed E-state index contributed by atoms with van der Waals surface area (Å²) in [5.41, 5.74) is 0.266. The van der Waals surface area contributed by atoms with Gasteiger partial charge in [0.15, 0.2) is 5.54 Å². The zero-order valence-corrected chi connectivity index (χ0v) is 21.1. The number of halogens is 2. The van der Waals surface area contributed by atoms with Crippen molar-refractivity contribution in [1.82, 2.24) is 4.90 Å². The van der Waals surface area contributed by atoms with Crippen molar-refractivity contribution < 1.29 is 14.3 Å². The van der Waals surface area contributed by atoms with Crippen LogP contribution in [-0.2, 0) is 10.3 Å². The lowest BCUT2D eigenvalue weighted by Gasteiger charge is -2.44. The first-order chi connectivity index (χ1) is 17.0. The molecule has 2 spiro atoms. The summed E-state index contributed by atoms with van der Waals surface area (Å²) in [5.74, 6) is -0.150. The molecule has 7 rings (SSSR count). The number of amides is 1. The first-order valence-corrected chi connectivity index (χ1v) is 13.1. The van der Waals surface area contributed by atoms with E-state index in [1.807, 2.05) is 66.7 Å². The van der Waals surface area contributed by atoms with E-state index in [1.54, 1.807) is 0 Å². The molecule has 4 atom stereocenters. The van der Waals surface area contributed by atoms with Gasteiger partial charge < -0.3 is 10.1 Å².